The molecule has 0 saturated carbocycles. The fourth-order valence-corrected chi connectivity index (χ4v) is 4.74. The second kappa shape index (κ2) is 10.7. The molecule has 186 valence electrons. The molecule has 0 aromatic heterocycles. The van der Waals surface area contributed by atoms with Crippen molar-refractivity contribution in [2.45, 2.75) is 19.4 Å². The van der Waals surface area contributed by atoms with Crippen LogP contribution < -0.4 is 14.4 Å². The van der Waals surface area contributed by atoms with E-state index in [0.29, 0.717) is 50.0 Å². The standard InChI is InChI=1S/C26H31N3O6/c1-4-35-26(32)28-15-13-27(14-16-28)25(31)22-17-23(30)29(19-7-11-21(34-3)12-8-19)24(22)18-5-9-20(33-2)10-6-18/h5-12,22,24H,4,13-17H2,1-3H3/t22-,24+/m0/s1. The topological polar surface area (TPSA) is 88.6 Å². The summed E-state index contributed by atoms with van der Waals surface area (Å²) in [6.07, 6.45) is -0.253. The summed E-state index contributed by atoms with van der Waals surface area (Å²) in [5, 5.41) is 0. The van der Waals surface area contributed by atoms with Gasteiger partial charge in [-0.1, -0.05) is 12.1 Å². The molecule has 35 heavy (non-hydrogen) atoms. The molecule has 0 aliphatic carbocycles. The maximum Gasteiger partial charge on any atom is 0.409 e. The molecule has 2 aliphatic rings. The van der Waals surface area contributed by atoms with E-state index in [0.717, 1.165) is 5.56 Å². The molecule has 0 spiro atoms. The number of carbonyl (C=O) groups is 3. The van der Waals surface area contributed by atoms with Crippen LogP contribution in [0.25, 0.3) is 0 Å². The quantitative estimate of drug-likeness (QED) is 0.630. The minimum absolute atomic E-state index is 0.0845. The van der Waals surface area contributed by atoms with Gasteiger partial charge >= 0.3 is 6.09 Å². The zero-order chi connectivity index (χ0) is 24.9. The van der Waals surface area contributed by atoms with Gasteiger partial charge in [-0.05, 0) is 48.9 Å². The molecule has 2 heterocycles. The van der Waals surface area contributed by atoms with Crippen LogP contribution in [0.5, 0.6) is 11.5 Å². The van der Waals surface area contributed by atoms with E-state index >= 15 is 0 Å². The highest BCUT2D eigenvalue weighted by Crippen LogP contribution is 2.43. The number of hydrogen-bond acceptors (Lipinski definition) is 6. The summed E-state index contributed by atoms with van der Waals surface area (Å²) in [5.74, 6) is 0.644. The fourth-order valence-electron chi connectivity index (χ4n) is 4.74. The molecule has 2 atom stereocenters. The lowest BCUT2D eigenvalue weighted by Gasteiger charge is -2.36. The van der Waals surface area contributed by atoms with Crippen LogP contribution in [0.3, 0.4) is 0 Å². The van der Waals surface area contributed by atoms with E-state index in [2.05, 4.69) is 0 Å². The number of hydrogen-bond donors (Lipinski definition) is 0. The SMILES string of the molecule is CCOC(=O)N1CCN(C(=O)[C@H]2CC(=O)N(c3ccc(OC)cc3)[C@@H]2c2ccc(OC)cc2)CC1. The second-order valence-corrected chi connectivity index (χ2v) is 8.50. The molecule has 0 unspecified atom stereocenters. The monoisotopic (exact) mass is 481 g/mol. The van der Waals surface area contributed by atoms with Crippen molar-refractivity contribution in [2.24, 2.45) is 5.92 Å². The predicted octanol–water partition coefficient (Wildman–Crippen LogP) is 3.10. The van der Waals surface area contributed by atoms with Gasteiger partial charge in [0.05, 0.1) is 32.8 Å². The Bertz CT molecular complexity index is 1050. The first-order valence-electron chi connectivity index (χ1n) is 11.8. The number of anilines is 1. The maximum atomic E-state index is 13.7. The summed E-state index contributed by atoms with van der Waals surface area (Å²) < 4.78 is 15.6. The largest absolute Gasteiger partial charge is 0.497 e. The molecule has 0 radical (unpaired) electrons. The molecule has 3 amide bonds. The third-order valence-corrected chi connectivity index (χ3v) is 6.56. The van der Waals surface area contributed by atoms with Crippen LogP contribution in [-0.2, 0) is 14.3 Å². The zero-order valence-corrected chi connectivity index (χ0v) is 20.3. The van der Waals surface area contributed by atoms with Gasteiger partial charge < -0.3 is 28.9 Å². The number of methoxy groups -OCH3 is 2. The Morgan fingerprint density at radius 1 is 0.857 bits per heavy atom. The third-order valence-electron chi connectivity index (χ3n) is 6.56. The number of ether oxygens (including phenoxy) is 3. The van der Waals surface area contributed by atoms with Crippen molar-refractivity contribution in [2.75, 3.05) is 51.9 Å². The Hall–Kier alpha value is -3.75. The van der Waals surface area contributed by atoms with Crippen molar-refractivity contribution in [3.63, 3.8) is 0 Å². The number of benzene rings is 2. The number of rotatable bonds is 6. The van der Waals surface area contributed by atoms with Gasteiger partial charge in [-0.2, -0.15) is 0 Å². The van der Waals surface area contributed by atoms with Gasteiger partial charge in [0.15, 0.2) is 0 Å². The van der Waals surface area contributed by atoms with Gasteiger partial charge in [0, 0.05) is 38.3 Å². The van der Waals surface area contributed by atoms with Gasteiger partial charge in [0.1, 0.15) is 11.5 Å². The van der Waals surface area contributed by atoms with Gasteiger partial charge in [-0.3, -0.25) is 9.59 Å². The minimum Gasteiger partial charge on any atom is -0.497 e. The molecule has 2 fully saturated rings. The first kappa shape index (κ1) is 24.4. The smallest absolute Gasteiger partial charge is 0.409 e. The molecule has 0 N–H and O–H groups in total. The van der Waals surface area contributed by atoms with Crippen LogP contribution >= 0.6 is 0 Å². The molecule has 4 rings (SSSR count). The Balaban J connectivity index is 1.60. The molecule has 0 bridgehead atoms. The molecule has 9 heteroatoms. The summed E-state index contributed by atoms with van der Waals surface area (Å²) in [5.41, 5.74) is 1.56. The molecule has 9 nitrogen and oxygen atoms in total. The van der Waals surface area contributed by atoms with Crippen LogP contribution in [0.4, 0.5) is 10.5 Å². The Morgan fingerprint density at radius 3 is 1.94 bits per heavy atom. The van der Waals surface area contributed by atoms with E-state index in [1.54, 1.807) is 48.0 Å². The van der Waals surface area contributed by atoms with E-state index in [1.165, 1.54) is 0 Å². The van der Waals surface area contributed by atoms with Gasteiger partial charge in [-0.25, -0.2) is 4.79 Å². The van der Waals surface area contributed by atoms with E-state index in [-0.39, 0.29) is 24.3 Å². The van der Waals surface area contributed by atoms with E-state index in [9.17, 15) is 14.4 Å². The average molecular weight is 482 g/mol. The highest BCUT2D eigenvalue weighted by atomic mass is 16.6. The summed E-state index contributed by atoms with van der Waals surface area (Å²) in [7, 11) is 3.19. The van der Waals surface area contributed by atoms with Crippen LogP contribution in [-0.4, -0.2) is 74.7 Å². The first-order valence-corrected chi connectivity index (χ1v) is 11.8. The third kappa shape index (κ3) is 5.03. The molecular formula is C26H31N3O6. The highest BCUT2D eigenvalue weighted by molar-refractivity contribution is 6.01. The summed E-state index contributed by atoms with van der Waals surface area (Å²) in [4.78, 5) is 44.1. The Morgan fingerprint density at radius 2 is 1.40 bits per heavy atom. The van der Waals surface area contributed by atoms with Crippen LogP contribution in [0.15, 0.2) is 48.5 Å². The normalized spacial score (nSPS) is 20.1. The molecule has 2 aliphatic heterocycles. The van der Waals surface area contributed by atoms with E-state index in [1.807, 2.05) is 36.4 Å². The van der Waals surface area contributed by atoms with Crippen molar-refractivity contribution in [1.82, 2.24) is 9.80 Å². The van der Waals surface area contributed by atoms with E-state index < -0.39 is 12.0 Å². The number of carbonyl (C=O) groups excluding carboxylic acids is 3. The predicted molar refractivity (Wildman–Crippen MR) is 129 cm³/mol. The Labute approximate surface area is 205 Å². The lowest BCUT2D eigenvalue weighted by molar-refractivity contribution is -0.138. The van der Waals surface area contributed by atoms with Gasteiger partial charge in [0.2, 0.25) is 11.8 Å². The van der Waals surface area contributed by atoms with Gasteiger partial charge in [0.25, 0.3) is 0 Å². The number of amides is 3. The van der Waals surface area contributed by atoms with Crippen molar-refractivity contribution < 1.29 is 28.6 Å². The lowest BCUT2D eigenvalue weighted by atomic mass is 9.91. The van der Waals surface area contributed by atoms with Crippen molar-refractivity contribution in [3.8, 4) is 11.5 Å². The lowest BCUT2D eigenvalue weighted by Crippen LogP contribution is -2.52. The Kier molecular flexibility index (Phi) is 7.43. The first-order chi connectivity index (χ1) is 17.0. The number of nitrogens with zero attached hydrogens (tertiary/aromatic N) is 3. The average Bonchev–Trinajstić information content (AvgIpc) is 3.25. The molecular weight excluding hydrogens is 450 g/mol. The van der Waals surface area contributed by atoms with E-state index in [4.69, 9.17) is 14.2 Å². The van der Waals surface area contributed by atoms with Crippen LogP contribution in [0.1, 0.15) is 24.9 Å². The van der Waals surface area contributed by atoms with Crippen molar-refractivity contribution >= 4 is 23.6 Å². The molecule has 2 aromatic carbocycles. The number of piperazine rings is 1. The van der Waals surface area contributed by atoms with Crippen molar-refractivity contribution in [1.29, 1.82) is 0 Å². The second-order valence-electron chi connectivity index (χ2n) is 8.50. The van der Waals surface area contributed by atoms with Gasteiger partial charge in [-0.15, -0.1) is 0 Å². The van der Waals surface area contributed by atoms with Crippen LogP contribution in [0.2, 0.25) is 0 Å². The summed E-state index contributed by atoms with van der Waals surface area (Å²) in [6.45, 7) is 3.69. The summed E-state index contributed by atoms with van der Waals surface area (Å²) >= 11 is 0. The molecule has 2 aromatic rings. The van der Waals surface area contributed by atoms with Crippen LogP contribution in [0, 0.1) is 5.92 Å². The zero-order valence-electron chi connectivity index (χ0n) is 20.3. The van der Waals surface area contributed by atoms with Crippen molar-refractivity contribution in [3.05, 3.63) is 54.1 Å². The summed E-state index contributed by atoms with van der Waals surface area (Å²) in [6, 6.07) is 14.3. The fraction of sp³-hybridized carbons (Fsp3) is 0.423. The minimum atomic E-state index is -0.549. The highest BCUT2D eigenvalue weighted by Gasteiger charge is 2.47. The molecule has 2 saturated heterocycles. The maximum absolute atomic E-state index is 13.7.